The van der Waals surface area contributed by atoms with Crippen LogP contribution in [0.4, 0.5) is 0 Å². The van der Waals surface area contributed by atoms with Crippen molar-refractivity contribution in [2.75, 3.05) is 0 Å². The zero-order valence-electron chi connectivity index (χ0n) is 7.07. The molecular weight excluding hydrogens is 195 g/mol. The van der Waals surface area contributed by atoms with Crippen LogP contribution in [0.25, 0.3) is 0 Å². The maximum absolute atomic E-state index is 10.0. The molecule has 0 rings (SSSR count). The Balaban J connectivity index is 3.99. The largest absolute Gasteiger partial charge is 0.233 e. The second-order valence-electron chi connectivity index (χ2n) is 2.50. The minimum atomic E-state index is 0.175. The highest BCUT2D eigenvalue weighted by Gasteiger charge is 1.98. The molecule has 3 heteroatoms. The summed E-state index contributed by atoms with van der Waals surface area (Å²) >= 11 is 11.1. The number of rotatable bonds is 5. The summed E-state index contributed by atoms with van der Waals surface area (Å²) in [6, 6.07) is 0. The smallest absolute Gasteiger partial charge is 0.124 e. The first-order valence-corrected chi connectivity index (χ1v) is 4.73. The van der Waals surface area contributed by atoms with Gasteiger partial charge < -0.3 is 0 Å². The average Bonchev–Trinajstić information content (AvgIpc) is 2.03. The number of halogens is 2. The molecule has 0 aromatic carbocycles. The molecule has 0 spiro atoms. The highest BCUT2D eigenvalue weighted by atomic mass is 35.5. The summed E-state index contributed by atoms with van der Waals surface area (Å²) in [5.41, 5.74) is 0.682. The van der Waals surface area contributed by atoms with Crippen LogP contribution in [0, 0.1) is 0 Å². The van der Waals surface area contributed by atoms with E-state index in [1.54, 1.807) is 5.94 Å². The summed E-state index contributed by atoms with van der Waals surface area (Å²) in [6.07, 6.45) is 5.32. The van der Waals surface area contributed by atoms with Gasteiger partial charge in [-0.15, -0.1) is 0 Å². The first-order chi connectivity index (χ1) is 5.72. The number of unbranched alkanes of at least 4 members (excludes halogenated alkanes) is 2. The van der Waals surface area contributed by atoms with Gasteiger partial charge in [-0.05, 0) is 18.4 Å². The molecule has 0 atom stereocenters. The Morgan fingerprint density at radius 1 is 1.42 bits per heavy atom. The molecule has 0 amide bonds. The summed E-state index contributed by atoms with van der Waals surface area (Å²) in [7, 11) is 0. The minimum absolute atomic E-state index is 0.175. The Kier molecular flexibility index (Phi) is 7.28. The van der Waals surface area contributed by atoms with Gasteiger partial charge in [-0.2, -0.15) is 0 Å². The number of carbonyl (C=O) groups excluding carboxylic acids is 1. The SMILES string of the molecule is CCCCCC(C=C=O)=C(Cl)Cl. The molecule has 0 bridgehead atoms. The summed E-state index contributed by atoms with van der Waals surface area (Å²) in [5.74, 6) is 1.67. The topological polar surface area (TPSA) is 17.1 Å². The van der Waals surface area contributed by atoms with Crippen molar-refractivity contribution in [3.05, 3.63) is 16.1 Å². The lowest BCUT2D eigenvalue weighted by Gasteiger charge is -1.99. The average molecular weight is 207 g/mol. The predicted octanol–water partition coefficient (Wildman–Crippen LogP) is 3.64. The molecule has 68 valence electrons. The van der Waals surface area contributed by atoms with Crippen molar-refractivity contribution in [2.45, 2.75) is 32.6 Å². The van der Waals surface area contributed by atoms with E-state index in [1.807, 2.05) is 0 Å². The lowest BCUT2D eigenvalue weighted by Crippen LogP contribution is -1.81. The van der Waals surface area contributed by atoms with Crippen molar-refractivity contribution in [2.24, 2.45) is 0 Å². The van der Waals surface area contributed by atoms with Gasteiger partial charge in [0.05, 0.1) is 0 Å². The van der Waals surface area contributed by atoms with Gasteiger partial charge in [0.15, 0.2) is 0 Å². The normalized spacial score (nSPS) is 8.92. The van der Waals surface area contributed by atoms with Crippen LogP contribution in [0.5, 0.6) is 0 Å². The molecule has 0 aromatic rings. The van der Waals surface area contributed by atoms with E-state index in [0.29, 0.717) is 5.57 Å². The Morgan fingerprint density at radius 2 is 2.08 bits per heavy atom. The van der Waals surface area contributed by atoms with Crippen LogP contribution < -0.4 is 0 Å². The molecule has 0 unspecified atom stereocenters. The fourth-order valence-electron chi connectivity index (χ4n) is 0.858. The summed E-state index contributed by atoms with van der Waals surface area (Å²) in [5, 5.41) is 0. The van der Waals surface area contributed by atoms with Gasteiger partial charge in [0.25, 0.3) is 0 Å². The highest BCUT2D eigenvalue weighted by Crippen LogP contribution is 2.20. The van der Waals surface area contributed by atoms with E-state index in [2.05, 4.69) is 6.92 Å². The first kappa shape index (κ1) is 11.8. The quantitative estimate of drug-likeness (QED) is 0.382. The van der Waals surface area contributed by atoms with Gasteiger partial charge in [0.2, 0.25) is 0 Å². The van der Waals surface area contributed by atoms with Gasteiger partial charge in [0.1, 0.15) is 10.4 Å². The van der Waals surface area contributed by atoms with Crippen LogP contribution in [-0.4, -0.2) is 5.94 Å². The lowest BCUT2D eigenvalue weighted by atomic mass is 10.1. The van der Waals surface area contributed by atoms with Gasteiger partial charge in [-0.3, -0.25) is 0 Å². The predicted molar refractivity (Wildman–Crippen MR) is 53.1 cm³/mol. The molecule has 0 saturated heterocycles. The molecule has 0 radical (unpaired) electrons. The maximum atomic E-state index is 10.0. The second-order valence-corrected chi connectivity index (χ2v) is 3.45. The van der Waals surface area contributed by atoms with Crippen LogP contribution in [0.2, 0.25) is 0 Å². The molecule has 1 nitrogen and oxygen atoms in total. The van der Waals surface area contributed by atoms with E-state index in [9.17, 15) is 4.79 Å². The maximum Gasteiger partial charge on any atom is 0.124 e. The first-order valence-electron chi connectivity index (χ1n) is 3.97. The van der Waals surface area contributed by atoms with Crippen molar-refractivity contribution in [1.82, 2.24) is 0 Å². The van der Waals surface area contributed by atoms with E-state index >= 15 is 0 Å². The third-order valence-corrected chi connectivity index (χ3v) is 2.01. The third-order valence-electron chi connectivity index (χ3n) is 1.53. The molecular formula is C9H12Cl2O. The van der Waals surface area contributed by atoms with Gasteiger partial charge in [-0.25, -0.2) is 4.79 Å². The van der Waals surface area contributed by atoms with Gasteiger partial charge >= 0.3 is 0 Å². The fraction of sp³-hybridized carbons (Fsp3) is 0.556. The zero-order chi connectivity index (χ0) is 9.40. The molecule has 0 aliphatic rings. The molecule has 0 fully saturated rings. The standard InChI is InChI=1S/C9H12Cl2O/c1-2-3-4-5-8(6-7-12)9(10)11/h6H,2-5H2,1H3. The van der Waals surface area contributed by atoms with Crippen LogP contribution in [0.1, 0.15) is 32.6 Å². The van der Waals surface area contributed by atoms with E-state index in [1.165, 1.54) is 6.08 Å². The van der Waals surface area contributed by atoms with Crippen molar-refractivity contribution in [3.8, 4) is 0 Å². The van der Waals surface area contributed by atoms with Crippen LogP contribution >= 0.6 is 23.2 Å². The fourth-order valence-corrected chi connectivity index (χ4v) is 1.16. The molecule has 0 N–H and O–H groups in total. The molecule has 0 aromatic heterocycles. The molecule has 0 saturated carbocycles. The van der Waals surface area contributed by atoms with E-state index in [0.717, 1.165) is 25.7 Å². The van der Waals surface area contributed by atoms with E-state index < -0.39 is 0 Å². The number of hydrogen-bond donors (Lipinski definition) is 0. The van der Waals surface area contributed by atoms with Crippen LogP contribution in [-0.2, 0) is 4.79 Å². The Morgan fingerprint density at radius 3 is 2.50 bits per heavy atom. The van der Waals surface area contributed by atoms with Crippen molar-refractivity contribution >= 4 is 29.1 Å². The lowest BCUT2D eigenvalue weighted by molar-refractivity contribution is 0.568. The monoisotopic (exact) mass is 206 g/mol. The molecule has 0 aliphatic carbocycles. The van der Waals surface area contributed by atoms with Gasteiger partial charge in [0, 0.05) is 6.08 Å². The Labute approximate surface area is 83.0 Å². The number of hydrogen-bond acceptors (Lipinski definition) is 1. The Hall–Kier alpha value is -0.230. The van der Waals surface area contributed by atoms with Crippen LogP contribution in [0.15, 0.2) is 16.1 Å². The summed E-state index contributed by atoms with van der Waals surface area (Å²) < 4.78 is 0.175. The van der Waals surface area contributed by atoms with E-state index in [4.69, 9.17) is 23.2 Å². The van der Waals surface area contributed by atoms with Crippen molar-refractivity contribution in [1.29, 1.82) is 0 Å². The highest BCUT2D eigenvalue weighted by molar-refractivity contribution is 6.56. The van der Waals surface area contributed by atoms with E-state index in [-0.39, 0.29) is 4.49 Å². The third kappa shape index (κ3) is 5.42. The second kappa shape index (κ2) is 7.42. The molecule has 12 heavy (non-hydrogen) atoms. The molecule has 0 heterocycles. The summed E-state index contributed by atoms with van der Waals surface area (Å²) in [4.78, 5) is 10.0. The number of allylic oxidation sites excluding steroid dienone is 2. The van der Waals surface area contributed by atoms with Gasteiger partial charge in [-0.1, -0.05) is 43.0 Å². The van der Waals surface area contributed by atoms with Crippen molar-refractivity contribution in [3.63, 3.8) is 0 Å². The Bertz CT molecular complexity index is 199. The molecule has 0 aliphatic heterocycles. The van der Waals surface area contributed by atoms with Crippen LogP contribution in [0.3, 0.4) is 0 Å². The van der Waals surface area contributed by atoms with Crippen molar-refractivity contribution < 1.29 is 4.79 Å². The minimum Gasteiger partial charge on any atom is -0.233 e. The summed E-state index contributed by atoms with van der Waals surface area (Å²) in [6.45, 7) is 2.11. The zero-order valence-corrected chi connectivity index (χ0v) is 8.58.